The van der Waals surface area contributed by atoms with Crippen LogP contribution in [0.5, 0.6) is 23.0 Å². The van der Waals surface area contributed by atoms with Crippen molar-refractivity contribution < 1.29 is 23.7 Å². The van der Waals surface area contributed by atoms with Gasteiger partial charge in [0.15, 0.2) is 23.0 Å². The Labute approximate surface area is 152 Å². The van der Waals surface area contributed by atoms with Crippen molar-refractivity contribution in [3.05, 3.63) is 47.0 Å². The summed E-state index contributed by atoms with van der Waals surface area (Å²) < 4.78 is 21.9. The van der Waals surface area contributed by atoms with Crippen molar-refractivity contribution in [1.29, 1.82) is 0 Å². The summed E-state index contributed by atoms with van der Waals surface area (Å²) in [5.41, 5.74) is 3.18. The number of hydrogen-bond donors (Lipinski definition) is 0. The van der Waals surface area contributed by atoms with Gasteiger partial charge in [-0.1, -0.05) is 6.07 Å². The number of benzene rings is 2. The van der Waals surface area contributed by atoms with Crippen molar-refractivity contribution in [2.75, 3.05) is 27.6 Å². The number of carbonyl (C=O) groups is 1. The van der Waals surface area contributed by atoms with Crippen molar-refractivity contribution in [2.24, 2.45) is 0 Å². The maximum Gasteiger partial charge on any atom is 0.231 e. The Morgan fingerprint density at radius 2 is 1.81 bits per heavy atom. The average Bonchev–Trinajstić information content (AvgIpc) is 3.13. The summed E-state index contributed by atoms with van der Waals surface area (Å²) in [7, 11) is 3.25. The summed E-state index contributed by atoms with van der Waals surface area (Å²) in [6, 6.07) is 9.61. The van der Waals surface area contributed by atoms with E-state index in [2.05, 4.69) is 0 Å². The molecule has 0 fully saturated rings. The topological polar surface area (TPSA) is 57.2 Å². The van der Waals surface area contributed by atoms with Crippen LogP contribution in [0.15, 0.2) is 30.3 Å². The van der Waals surface area contributed by atoms with Gasteiger partial charge in [-0.05, 0) is 47.4 Å². The molecular weight excluding hydrogens is 334 g/mol. The molecule has 2 heterocycles. The number of hydrogen-bond acceptors (Lipinski definition) is 5. The monoisotopic (exact) mass is 355 g/mol. The largest absolute Gasteiger partial charge is 0.493 e. The second-order valence-corrected chi connectivity index (χ2v) is 6.38. The SMILES string of the molecule is COc1cc2c(cc1OC)C(c1ccc3c(c1)OCO3)N(C(C)=O)CC2. The van der Waals surface area contributed by atoms with E-state index in [9.17, 15) is 4.79 Å². The predicted molar refractivity (Wildman–Crippen MR) is 95.0 cm³/mol. The second-order valence-electron chi connectivity index (χ2n) is 6.38. The molecular formula is C20H21NO5. The number of amides is 1. The number of fused-ring (bicyclic) bond motifs is 2. The minimum atomic E-state index is -0.203. The molecule has 0 saturated carbocycles. The summed E-state index contributed by atoms with van der Waals surface area (Å²) in [5, 5.41) is 0. The Bertz CT molecular complexity index is 864. The van der Waals surface area contributed by atoms with Crippen LogP contribution in [0.3, 0.4) is 0 Å². The van der Waals surface area contributed by atoms with Crippen LogP contribution in [-0.4, -0.2) is 38.4 Å². The highest BCUT2D eigenvalue weighted by atomic mass is 16.7. The molecule has 0 bridgehead atoms. The summed E-state index contributed by atoms with van der Waals surface area (Å²) >= 11 is 0. The second kappa shape index (κ2) is 6.44. The van der Waals surface area contributed by atoms with Crippen LogP contribution < -0.4 is 18.9 Å². The molecule has 136 valence electrons. The van der Waals surface area contributed by atoms with Gasteiger partial charge >= 0.3 is 0 Å². The van der Waals surface area contributed by atoms with Crippen molar-refractivity contribution in [3.8, 4) is 23.0 Å². The fourth-order valence-corrected chi connectivity index (χ4v) is 3.73. The van der Waals surface area contributed by atoms with E-state index in [4.69, 9.17) is 18.9 Å². The van der Waals surface area contributed by atoms with Crippen LogP contribution in [0.2, 0.25) is 0 Å². The molecule has 1 amide bonds. The van der Waals surface area contributed by atoms with Crippen molar-refractivity contribution in [3.63, 3.8) is 0 Å². The first-order valence-electron chi connectivity index (χ1n) is 8.54. The molecule has 6 nitrogen and oxygen atoms in total. The van der Waals surface area contributed by atoms with E-state index >= 15 is 0 Å². The first-order valence-corrected chi connectivity index (χ1v) is 8.54. The van der Waals surface area contributed by atoms with E-state index in [-0.39, 0.29) is 18.7 Å². The Morgan fingerprint density at radius 3 is 2.54 bits per heavy atom. The zero-order chi connectivity index (χ0) is 18.3. The summed E-state index contributed by atoms with van der Waals surface area (Å²) in [5.74, 6) is 2.83. The molecule has 1 unspecified atom stereocenters. The number of ether oxygens (including phenoxy) is 4. The highest BCUT2D eigenvalue weighted by Crippen LogP contribution is 2.43. The minimum absolute atomic E-state index is 0.0353. The lowest BCUT2D eigenvalue weighted by molar-refractivity contribution is -0.130. The summed E-state index contributed by atoms with van der Waals surface area (Å²) in [6.45, 7) is 2.48. The molecule has 6 heteroatoms. The third-order valence-electron chi connectivity index (χ3n) is 4.99. The molecule has 1 atom stereocenters. The van der Waals surface area contributed by atoms with E-state index in [1.807, 2.05) is 35.2 Å². The number of methoxy groups -OCH3 is 2. The lowest BCUT2D eigenvalue weighted by atomic mass is 9.87. The van der Waals surface area contributed by atoms with E-state index in [1.54, 1.807) is 21.1 Å². The lowest BCUT2D eigenvalue weighted by Crippen LogP contribution is -2.39. The fourth-order valence-electron chi connectivity index (χ4n) is 3.73. The highest BCUT2D eigenvalue weighted by Gasteiger charge is 2.32. The Balaban J connectivity index is 1.86. The fraction of sp³-hybridized carbons (Fsp3) is 0.350. The molecule has 2 aliphatic rings. The third-order valence-corrected chi connectivity index (χ3v) is 4.99. The standard InChI is InChI=1S/C20H21NO5/c1-12(22)21-7-6-13-8-17(23-2)18(24-3)10-15(13)20(21)14-4-5-16-19(9-14)26-11-25-16/h4-5,8-10,20H,6-7,11H2,1-3H3. The quantitative estimate of drug-likeness (QED) is 0.847. The van der Waals surface area contributed by atoms with E-state index < -0.39 is 0 Å². The average molecular weight is 355 g/mol. The van der Waals surface area contributed by atoms with Gasteiger partial charge in [-0.15, -0.1) is 0 Å². The van der Waals surface area contributed by atoms with Crippen molar-refractivity contribution in [1.82, 2.24) is 4.90 Å². The number of nitrogens with zero attached hydrogens (tertiary/aromatic N) is 1. The normalized spacial score (nSPS) is 17.7. The molecule has 0 N–H and O–H groups in total. The van der Waals surface area contributed by atoms with Gasteiger partial charge in [0.1, 0.15) is 0 Å². The molecule has 2 aromatic rings. The molecule has 4 rings (SSSR count). The zero-order valence-corrected chi connectivity index (χ0v) is 15.1. The van der Waals surface area contributed by atoms with Crippen LogP contribution in [0.25, 0.3) is 0 Å². The number of carbonyl (C=O) groups excluding carboxylic acids is 1. The van der Waals surface area contributed by atoms with Gasteiger partial charge in [0.25, 0.3) is 0 Å². The molecule has 2 aromatic carbocycles. The van der Waals surface area contributed by atoms with Crippen LogP contribution >= 0.6 is 0 Å². The van der Waals surface area contributed by atoms with Gasteiger partial charge in [0.2, 0.25) is 12.7 Å². The summed E-state index contributed by atoms with van der Waals surface area (Å²) in [4.78, 5) is 14.2. The maximum atomic E-state index is 12.3. The van der Waals surface area contributed by atoms with Crippen molar-refractivity contribution >= 4 is 5.91 Å². The Kier molecular flexibility index (Phi) is 4.11. The molecule has 0 aromatic heterocycles. The molecule has 0 radical (unpaired) electrons. The van der Waals surface area contributed by atoms with Gasteiger partial charge in [-0.25, -0.2) is 0 Å². The molecule has 26 heavy (non-hydrogen) atoms. The molecule has 2 aliphatic heterocycles. The number of rotatable bonds is 3. The van der Waals surface area contributed by atoms with Crippen LogP contribution in [0.1, 0.15) is 29.7 Å². The van der Waals surface area contributed by atoms with Gasteiger partial charge in [-0.2, -0.15) is 0 Å². The smallest absolute Gasteiger partial charge is 0.231 e. The third kappa shape index (κ3) is 2.62. The van der Waals surface area contributed by atoms with Gasteiger partial charge in [-0.3, -0.25) is 4.79 Å². The highest BCUT2D eigenvalue weighted by molar-refractivity contribution is 5.75. The Hall–Kier alpha value is -2.89. The van der Waals surface area contributed by atoms with Crippen molar-refractivity contribution in [2.45, 2.75) is 19.4 Å². The molecule has 0 aliphatic carbocycles. The van der Waals surface area contributed by atoms with Crippen LogP contribution in [0, 0.1) is 0 Å². The van der Waals surface area contributed by atoms with E-state index in [0.717, 1.165) is 28.9 Å². The Morgan fingerprint density at radius 1 is 1.08 bits per heavy atom. The first kappa shape index (κ1) is 16.6. The van der Waals surface area contributed by atoms with Gasteiger partial charge < -0.3 is 23.8 Å². The van der Waals surface area contributed by atoms with Gasteiger partial charge in [0, 0.05) is 13.5 Å². The zero-order valence-electron chi connectivity index (χ0n) is 15.1. The van der Waals surface area contributed by atoms with E-state index in [1.165, 1.54) is 0 Å². The van der Waals surface area contributed by atoms with Gasteiger partial charge in [0.05, 0.1) is 20.3 Å². The predicted octanol–water partition coefficient (Wildman–Crippen LogP) is 2.93. The van der Waals surface area contributed by atoms with Crippen LogP contribution in [-0.2, 0) is 11.2 Å². The lowest BCUT2D eigenvalue weighted by Gasteiger charge is -2.37. The molecule has 0 saturated heterocycles. The van der Waals surface area contributed by atoms with Crippen LogP contribution in [0.4, 0.5) is 0 Å². The molecule has 0 spiro atoms. The first-order chi connectivity index (χ1) is 12.6. The maximum absolute atomic E-state index is 12.3. The minimum Gasteiger partial charge on any atom is -0.493 e. The summed E-state index contributed by atoms with van der Waals surface area (Å²) in [6.07, 6.45) is 0.774. The van der Waals surface area contributed by atoms with E-state index in [0.29, 0.717) is 23.8 Å².